The Morgan fingerprint density at radius 1 is 1.19 bits per heavy atom. The van der Waals surface area contributed by atoms with E-state index in [1.807, 2.05) is 32.0 Å². The molecular weight excluding hydrogens is 306 g/mol. The number of nitrogens with one attached hydrogen (secondary N) is 1. The van der Waals surface area contributed by atoms with E-state index in [4.69, 9.17) is 11.6 Å². The average molecular weight is 318 g/mol. The first kappa shape index (κ1) is 14.0. The van der Waals surface area contributed by atoms with Gasteiger partial charge in [-0.3, -0.25) is 4.79 Å². The topological polar surface area (TPSA) is 54.9 Å². The van der Waals surface area contributed by atoms with Crippen LogP contribution in [0.25, 0.3) is 11.0 Å². The lowest BCUT2D eigenvalue weighted by molar-refractivity contribution is 0.102. The Bertz CT molecular complexity index is 844. The molecule has 0 fully saturated rings. The molecule has 0 aliphatic rings. The minimum atomic E-state index is -0.247. The molecule has 1 N–H and O–H groups in total. The van der Waals surface area contributed by atoms with Gasteiger partial charge in [-0.15, -0.1) is 0 Å². The normalized spacial score (nSPS) is 10.8. The molecule has 0 aliphatic carbocycles. The molecule has 3 aromatic rings. The molecule has 1 aromatic heterocycles. The van der Waals surface area contributed by atoms with Crippen LogP contribution in [0.1, 0.15) is 21.5 Å². The molecule has 0 unspecified atom stereocenters. The van der Waals surface area contributed by atoms with Gasteiger partial charge in [-0.2, -0.15) is 8.75 Å². The number of rotatable bonds is 2. The van der Waals surface area contributed by atoms with Crippen LogP contribution in [-0.4, -0.2) is 14.7 Å². The van der Waals surface area contributed by atoms with Crippen molar-refractivity contribution in [1.29, 1.82) is 0 Å². The maximum Gasteiger partial charge on any atom is 0.257 e. The average Bonchev–Trinajstić information content (AvgIpc) is 2.90. The number of halogens is 1. The van der Waals surface area contributed by atoms with Gasteiger partial charge in [-0.05, 0) is 43.2 Å². The summed E-state index contributed by atoms with van der Waals surface area (Å²) in [6.45, 7) is 3.85. The van der Waals surface area contributed by atoms with Crippen molar-refractivity contribution >= 4 is 46.0 Å². The molecule has 0 bridgehead atoms. The minimum Gasteiger partial charge on any atom is -0.320 e. The van der Waals surface area contributed by atoms with Crippen molar-refractivity contribution in [3.63, 3.8) is 0 Å². The molecule has 106 valence electrons. The van der Waals surface area contributed by atoms with Gasteiger partial charge >= 0.3 is 0 Å². The van der Waals surface area contributed by atoms with Crippen molar-refractivity contribution in [2.75, 3.05) is 5.32 Å². The van der Waals surface area contributed by atoms with Gasteiger partial charge in [-0.1, -0.05) is 23.7 Å². The number of carbonyl (C=O) groups excluding carboxylic acids is 1. The molecule has 0 atom stereocenters. The number of carbonyl (C=O) groups is 1. The molecule has 1 heterocycles. The first-order valence-corrected chi connectivity index (χ1v) is 7.46. The van der Waals surface area contributed by atoms with Crippen LogP contribution < -0.4 is 5.32 Å². The van der Waals surface area contributed by atoms with Crippen molar-refractivity contribution in [2.24, 2.45) is 0 Å². The summed E-state index contributed by atoms with van der Waals surface area (Å²) in [6, 6.07) is 9.16. The molecule has 0 saturated carbocycles. The van der Waals surface area contributed by atoms with Crippen molar-refractivity contribution in [3.8, 4) is 0 Å². The second kappa shape index (κ2) is 5.42. The second-order valence-electron chi connectivity index (χ2n) is 4.83. The summed E-state index contributed by atoms with van der Waals surface area (Å²) in [6.07, 6.45) is 0. The van der Waals surface area contributed by atoms with Gasteiger partial charge in [0.2, 0.25) is 0 Å². The lowest BCUT2D eigenvalue weighted by atomic mass is 10.1. The molecule has 0 radical (unpaired) electrons. The van der Waals surface area contributed by atoms with E-state index in [1.54, 1.807) is 12.1 Å². The second-order valence-corrected chi connectivity index (χ2v) is 5.76. The fourth-order valence-electron chi connectivity index (χ4n) is 2.10. The summed E-state index contributed by atoms with van der Waals surface area (Å²) in [5.74, 6) is -0.247. The zero-order valence-corrected chi connectivity index (χ0v) is 13.0. The summed E-state index contributed by atoms with van der Waals surface area (Å²) in [7, 11) is 0. The van der Waals surface area contributed by atoms with Gasteiger partial charge in [0, 0.05) is 0 Å². The van der Waals surface area contributed by atoms with Crippen molar-refractivity contribution in [2.45, 2.75) is 13.8 Å². The van der Waals surface area contributed by atoms with Crippen molar-refractivity contribution < 1.29 is 4.79 Å². The fraction of sp³-hybridized carbons (Fsp3) is 0.133. The Morgan fingerprint density at radius 3 is 2.76 bits per heavy atom. The number of aryl methyl sites for hydroxylation is 2. The van der Waals surface area contributed by atoms with Crippen molar-refractivity contribution in [3.05, 3.63) is 52.0 Å². The summed E-state index contributed by atoms with van der Waals surface area (Å²) in [5, 5.41) is 3.34. The molecule has 4 nitrogen and oxygen atoms in total. The van der Waals surface area contributed by atoms with Crippen LogP contribution in [-0.2, 0) is 0 Å². The Hall–Kier alpha value is -1.98. The number of hydrogen-bond donors (Lipinski definition) is 1. The Kier molecular flexibility index (Phi) is 3.61. The summed E-state index contributed by atoms with van der Waals surface area (Å²) in [4.78, 5) is 12.4. The number of hydrogen-bond acceptors (Lipinski definition) is 4. The Labute approximate surface area is 131 Å². The van der Waals surface area contributed by atoms with Crippen molar-refractivity contribution in [1.82, 2.24) is 8.75 Å². The highest BCUT2D eigenvalue weighted by molar-refractivity contribution is 7.00. The van der Waals surface area contributed by atoms with Crippen LogP contribution in [0.5, 0.6) is 0 Å². The zero-order valence-electron chi connectivity index (χ0n) is 11.5. The first-order valence-electron chi connectivity index (χ1n) is 6.35. The highest BCUT2D eigenvalue weighted by Crippen LogP contribution is 2.27. The van der Waals surface area contributed by atoms with Gasteiger partial charge < -0.3 is 5.32 Å². The predicted octanol–water partition coefficient (Wildman–Crippen LogP) is 4.21. The first-order chi connectivity index (χ1) is 10.1. The largest absolute Gasteiger partial charge is 0.320 e. The number of aromatic nitrogens is 2. The van der Waals surface area contributed by atoms with Gasteiger partial charge in [0.05, 0.1) is 28.0 Å². The molecule has 0 aliphatic heterocycles. The number of benzene rings is 2. The standard InChI is InChI=1S/C15H12ClN3OS/c1-8-3-5-10(11(16)7-8)15(20)17-13-9(2)4-6-12-14(13)19-21-18-12/h3-7H,1-2H3,(H,17,20). The van der Waals surface area contributed by atoms with Crippen LogP contribution in [0.2, 0.25) is 5.02 Å². The third-order valence-electron chi connectivity index (χ3n) is 3.24. The quantitative estimate of drug-likeness (QED) is 0.770. The van der Waals surface area contributed by atoms with E-state index in [0.717, 1.165) is 28.4 Å². The van der Waals surface area contributed by atoms with E-state index < -0.39 is 0 Å². The van der Waals surface area contributed by atoms with E-state index in [1.165, 1.54) is 0 Å². The molecule has 0 spiro atoms. The molecule has 3 rings (SSSR count). The SMILES string of the molecule is Cc1ccc(C(=O)Nc2c(C)ccc3nsnc23)c(Cl)c1. The summed E-state index contributed by atoms with van der Waals surface area (Å²) >= 11 is 7.27. The third-order valence-corrected chi connectivity index (χ3v) is 4.10. The van der Waals surface area contributed by atoms with Crippen LogP contribution in [0.3, 0.4) is 0 Å². The van der Waals surface area contributed by atoms with Crippen LogP contribution in [0.15, 0.2) is 30.3 Å². The van der Waals surface area contributed by atoms with Gasteiger partial charge in [0.15, 0.2) is 0 Å². The highest BCUT2D eigenvalue weighted by atomic mass is 35.5. The fourth-order valence-corrected chi connectivity index (χ4v) is 2.96. The lowest BCUT2D eigenvalue weighted by Gasteiger charge is -2.10. The van der Waals surface area contributed by atoms with E-state index in [0.29, 0.717) is 21.8 Å². The lowest BCUT2D eigenvalue weighted by Crippen LogP contribution is -2.13. The molecule has 6 heteroatoms. The van der Waals surface area contributed by atoms with Crippen LogP contribution >= 0.6 is 23.3 Å². The summed E-state index contributed by atoms with van der Waals surface area (Å²) in [5.41, 5.74) is 4.56. The van der Waals surface area contributed by atoms with Crippen LogP contribution in [0.4, 0.5) is 5.69 Å². The predicted molar refractivity (Wildman–Crippen MR) is 86.3 cm³/mol. The van der Waals surface area contributed by atoms with E-state index in [2.05, 4.69) is 14.1 Å². The number of fused-ring (bicyclic) bond motifs is 1. The van der Waals surface area contributed by atoms with E-state index in [9.17, 15) is 4.79 Å². The van der Waals surface area contributed by atoms with Gasteiger partial charge in [-0.25, -0.2) is 0 Å². The molecule has 21 heavy (non-hydrogen) atoms. The monoisotopic (exact) mass is 317 g/mol. The molecule has 2 aromatic carbocycles. The molecule has 0 saturated heterocycles. The molecular formula is C15H12ClN3OS. The van der Waals surface area contributed by atoms with E-state index in [-0.39, 0.29) is 5.91 Å². The Morgan fingerprint density at radius 2 is 2.00 bits per heavy atom. The van der Waals surface area contributed by atoms with Gasteiger partial charge in [0.1, 0.15) is 11.0 Å². The smallest absolute Gasteiger partial charge is 0.257 e. The maximum absolute atomic E-state index is 12.4. The highest BCUT2D eigenvalue weighted by Gasteiger charge is 2.15. The third kappa shape index (κ3) is 2.62. The van der Waals surface area contributed by atoms with E-state index >= 15 is 0 Å². The van der Waals surface area contributed by atoms with Crippen LogP contribution in [0, 0.1) is 13.8 Å². The molecule has 1 amide bonds. The minimum absolute atomic E-state index is 0.247. The number of anilines is 1. The zero-order chi connectivity index (χ0) is 15.0. The summed E-state index contributed by atoms with van der Waals surface area (Å²) < 4.78 is 8.43. The maximum atomic E-state index is 12.4. The van der Waals surface area contributed by atoms with Gasteiger partial charge in [0.25, 0.3) is 5.91 Å². The number of nitrogens with zero attached hydrogens (tertiary/aromatic N) is 2. The Balaban J connectivity index is 2.00. The number of amides is 1.